The summed E-state index contributed by atoms with van der Waals surface area (Å²) < 4.78 is 17.0. The first-order valence-corrected chi connectivity index (χ1v) is 8.09. The van der Waals surface area contributed by atoms with E-state index in [-0.39, 0.29) is 0 Å². The number of nitrogens with two attached hydrogens (primary N) is 1. The number of ether oxygens (including phenoxy) is 3. The monoisotopic (exact) mass is 393 g/mol. The van der Waals surface area contributed by atoms with Crippen LogP contribution in [0.1, 0.15) is 0 Å². The first kappa shape index (κ1) is 17.9. The topological polar surface area (TPSA) is 78.1 Å². The number of hydrogen-bond acceptors (Lipinski definition) is 4. The van der Waals surface area contributed by atoms with Gasteiger partial charge in [0.2, 0.25) is 0 Å². The molecule has 0 spiro atoms. The van der Waals surface area contributed by atoms with Gasteiger partial charge >= 0.3 is 0 Å². The van der Waals surface area contributed by atoms with E-state index in [0.29, 0.717) is 30.6 Å². The molecule has 0 aliphatic carbocycles. The van der Waals surface area contributed by atoms with Gasteiger partial charge in [0.25, 0.3) is 0 Å². The molecule has 6 nitrogen and oxygen atoms in total. The zero-order valence-electron chi connectivity index (χ0n) is 13.6. The summed E-state index contributed by atoms with van der Waals surface area (Å²) in [6.07, 6.45) is 0. The van der Waals surface area contributed by atoms with Crippen molar-refractivity contribution in [2.24, 2.45) is 10.7 Å². The van der Waals surface area contributed by atoms with E-state index in [0.717, 1.165) is 15.9 Å². The van der Waals surface area contributed by atoms with Gasteiger partial charge in [0, 0.05) is 16.2 Å². The average molecular weight is 394 g/mol. The maximum atomic E-state index is 5.87. The Morgan fingerprint density at radius 1 is 1.08 bits per heavy atom. The molecule has 0 atom stereocenters. The maximum Gasteiger partial charge on any atom is 0.193 e. The Labute approximate surface area is 149 Å². The van der Waals surface area contributed by atoms with Crippen LogP contribution in [0.5, 0.6) is 17.2 Å². The van der Waals surface area contributed by atoms with Crippen molar-refractivity contribution in [2.45, 2.75) is 0 Å². The predicted octanol–water partition coefficient (Wildman–Crippen LogP) is 3.27. The van der Waals surface area contributed by atoms with Crippen LogP contribution in [0.15, 0.2) is 51.9 Å². The molecule has 2 rings (SSSR count). The minimum Gasteiger partial charge on any atom is -0.493 e. The van der Waals surface area contributed by atoms with Crippen molar-refractivity contribution in [3.63, 3.8) is 0 Å². The second-order valence-electron chi connectivity index (χ2n) is 4.76. The Bertz CT molecular complexity index is 690. The molecule has 0 unspecified atom stereocenters. The normalized spacial score (nSPS) is 11.0. The van der Waals surface area contributed by atoms with Gasteiger partial charge in [0.1, 0.15) is 12.4 Å². The van der Waals surface area contributed by atoms with E-state index in [4.69, 9.17) is 19.9 Å². The van der Waals surface area contributed by atoms with Gasteiger partial charge in [0.15, 0.2) is 17.5 Å². The lowest BCUT2D eigenvalue weighted by Gasteiger charge is -2.11. The van der Waals surface area contributed by atoms with Gasteiger partial charge in [-0.2, -0.15) is 0 Å². The molecule has 2 aromatic carbocycles. The Kier molecular flexibility index (Phi) is 6.74. The van der Waals surface area contributed by atoms with Gasteiger partial charge in [-0.1, -0.05) is 15.9 Å². The number of benzene rings is 2. The third kappa shape index (κ3) is 5.34. The van der Waals surface area contributed by atoms with Crippen molar-refractivity contribution in [3.8, 4) is 17.2 Å². The summed E-state index contributed by atoms with van der Waals surface area (Å²) in [6.45, 7) is 0.887. The molecule has 2 aromatic rings. The first-order valence-electron chi connectivity index (χ1n) is 7.29. The second-order valence-corrected chi connectivity index (χ2v) is 5.68. The molecular weight excluding hydrogens is 374 g/mol. The van der Waals surface area contributed by atoms with E-state index in [1.807, 2.05) is 30.3 Å². The summed E-state index contributed by atoms with van der Waals surface area (Å²) in [5.41, 5.74) is 6.64. The standard InChI is InChI=1S/C17H20BrN3O3/c1-22-15-8-5-13(11-16(15)23-2)21-17(19)20-9-10-24-14-6-3-12(18)4-7-14/h3-8,11H,9-10H2,1-2H3,(H3,19,20,21). The predicted molar refractivity (Wildman–Crippen MR) is 99.3 cm³/mol. The smallest absolute Gasteiger partial charge is 0.193 e. The zero-order chi connectivity index (χ0) is 17.4. The highest BCUT2D eigenvalue weighted by atomic mass is 79.9. The number of guanidine groups is 1. The summed E-state index contributed by atoms with van der Waals surface area (Å²) in [6, 6.07) is 13.0. The molecular formula is C17H20BrN3O3. The average Bonchev–Trinajstić information content (AvgIpc) is 2.60. The van der Waals surface area contributed by atoms with E-state index in [2.05, 4.69) is 26.2 Å². The fourth-order valence-electron chi connectivity index (χ4n) is 1.96. The van der Waals surface area contributed by atoms with Crippen molar-refractivity contribution in [1.82, 2.24) is 0 Å². The first-order chi connectivity index (χ1) is 11.6. The van der Waals surface area contributed by atoms with Crippen LogP contribution in [0, 0.1) is 0 Å². The number of nitrogens with zero attached hydrogens (tertiary/aromatic N) is 1. The van der Waals surface area contributed by atoms with Gasteiger partial charge in [-0.05, 0) is 36.4 Å². The van der Waals surface area contributed by atoms with E-state index in [1.165, 1.54) is 0 Å². The van der Waals surface area contributed by atoms with Crippen LogP contribution >= 0.6 is 15.9 Å². The van der Waals surface area contributed by atoms with Gasteiger partial charge in [-0.3, -0.25) is 0 Å². The van der Waals surface area contributed by atoms with Crippen molar-refractivity contribution in [3.05, 3.63) is 46.9 Å². The van der Waals surface area contributed by atoms with Gasteiger partial charge in [0.05, 0.1) is 20.8 Å². The quantitative estimate of drug-likeness (QED) is 0.428. The number of halogens is 1. The number of aliphatic imine (C=N–C) groups is 1. The van der Waals surface area contributed by atoms with Crippen LogP contribution in [-0.2, 0) is 0 Å². The Morgan fingerprint density at radius 2 is 1.79 bits per heavy atom. The highest BCUT2D eigenvalue weighted by molar-refractivity contribution is 9.10. The molecule has 7 heteroatoms. The van der Waals surface area contributed by atoms with Crippen molar-refractivity contribution in [1.29, 1.82) is 0 Å². The fraction of sp³-hybridized carbons (Fsp3) is 0.235. The van der Waals surface area contributed by atoms with Crippen LogP contribution in [0.3, 0.4) is 0 Å². The maximum absolute atomic E-state index is 5.87. The molecule has 0 saturated heterocycles. The van der Waals surface area contributed by atoms with Crippen molar-refractivity contribution >= 4 is 27.6 Å². The van der Waals surface area contributed by atoms with Crippen LogP contribution in [0.25, 0.3) is 0 Å². The fourth-order valence-corrected chi connectivity index (χ4v) is 2.23. The number of rotatable bonds is 7. The lowest BCUT2D eigenvalue weighted by atomic mass is 10.3. The van der Waals surface area contributed by atoms with Crippen molar-refractivity contribution in [2.75, 3.05) is 32.7 Å². The SMILES string of the molecule is COc1ccc(NC(N)=NCCOc2ccc(Br)cc2)cc1OC. The van der Waals surface area contributed by atoms with E-state index < -0.39 is 0 Å². The van der Waals surface area contributed by atoms with Gasteiger partial charge < -0.3 is 25.3 Å². The lowest BCUT2D eigenvalue weighted by molar-refractivity contribution is 0.328. The van der Waals surface area contributed by atoms with E-state index in [9.17, 15) is 0 Å². The van der Waals surface area contributed by atoms with Gasteiger partial charge in [-0.15, -0.1) is 0 Å². The third-order valence-corrected chi connectivity index (χ3v) is 3.64. The second kappa shape index (κ2) is 9.02. The molecule has 3 N–H and O–H groups in total. The number of nitrogens with one attached hydrogen (secondary N) is 1. The Balaban J connectivity index is 1.84. The third-order valence-electron chi connectivity index (χ3n) is 3.11. The molecule has 0 saturated carbocycles. The summed E-state index contributed by atoms with van der Waals surface area (Å²) in [7, 11) is 3.17. The van der Waals surface area contributed by atoms with E-state index >= 15 is 0 Å². The molecule has 0 amide bonds. The highest BCUT2D eigenvalue weighted by Gasteiger charge is 2.05. The summed E-state index contributed by atoms with van der Waals surface area (Å²) in [5.74, 6) is 2.37. The summed E-state index contributed by atoms with van der Waals surface area (Å²) >= 11 is 3.38. The molecule has 0 fully saturated rings. The van der Waals surface area contributed by atoms with Crippen LogP contribution in [0.2, 0.25) is 0 Å². The van der Waals surface area contributed by atoms with Crippen LogP contribution in [0.4, 0.5) is 5.69 Å². The molecule has 0 bridgehead atoms. The minimum atomic E-state index is 0.307. The molecule has 128 valence electrons. The molecule has 0 heterocycles. The summed E-state index contributed by atoms with van der Waals surface area (Å²) in [4.78, 5) is 4.23. The molecule has 24 heavy (non-hydrogen) atoms. The lowest BCUT2D eigenvalue weighted by Crippen LogP contribution is -2.23. The van der Waals surface area contributed by atoms with Crippen LogP contribution < -0.4 is 25.3 Å². The molecule has 0 aliphatic heterocycles. The molecule has 0 radical (unpaired) electrons. The largest absolute Gasteiger partial charge is 0.493 e. The van der Waals surface area contributed by atoms with Crippen LogP contribution in [-0.4, -0.2) is 33.3 Å². The minimum absolute atomic E-state index is 0.307. The van der Waals surface area contributed by atoms with Gasteiger partial charge in [-0.25, -0.2) is 4.99 Å². The number of methoxy groups -OCH3 is 2. The molecule has 0 aromatic heterocycles. The molecule has 0 aliphatic rings. The van der Waals surface area contributed by atoms with E-state index in [1.54, 1.807) is 26.4 Å². The number of hydrogen-bond donors (Lipinski definition) is 2. The zero-order valence-corrected chi connectivity index (χ0v) is 15.2. The summed E-state index contributed by atoms with van der Waals surface area (Å²) in [5, 5.41) is 3.00. The highest BCUT2D eigenvalue weighted by Crippen LogP contribution is 2.29. The number of anilines is 1. The van der Waals surface area contributed by atoms with Crippen molar-refractivity contribution < 1.29 is 14.2 Å². The Morgan fingerprint density at radius 3 is 2.46 bits per heavy atom. The Hall–Kier alpha value is -2.41.